The molecule has 1 aliphatic heterocycles. The van der Waals surface area contributed by atoms with Crippen molar-refractivity contribution in [2.75, 3.05) is 44.8 Å². The molecule has 1 amide bonds. The summed E-state index contributed by atoms with van der Waals surface area (Å²) in [5.74, 6) is 1.55. The number of anilines is 1. The van der Waals surface area contributed by atoms with Crippen molar-refractivity contribution in [3.05, 3.63) is 53.1 Å². The van der Waals surface area contributed by atoms with Crippen LogP contribution in [0.5, 0.6) is 11.5 Å². The fourth-order valence-corrected chi connectivity index (χ4v) is 3.24. The summed E-state index contributed by atoms with van der Waals surface area (Å²) in [6.45, 7) is 4.95. The molecule has 0 radical (unpaired) electrons. The maximum atomic E-state index is 12.4. The zero-order chi connectivity index (χ0) is 18.5. The number of benzene rings is 2. The van der Waals surface area contributed by atoms with E-state index in [0.717, 1.165) is 30.1 Å². The van der Waals surface area contributed by atoms with E-state index >= 15 is 0 Å². The summed E-state index contributed by atoms with van der Waals surface area (Å²) in [5, 5.41) is 0.663. The molecule has 5 nitrogen and oxygen atoms in total. The Kier molecular flexibility index (Phi) is 5.89. The van der Waals surface area contributed by atoms with Crippen LogP contribution >= 0.6 is 11.6 Å². The van der Waals surface area contributed by atoms with Gasteiger partial charge in [0.25, 0.3) is 5.91 Å². The average Bonchev–Trinajstić information content (AvgIpc) is 2.67. The molecule has 0 atom stereocenters. The third kappa shape index (κ3) is 4.41. The minimum Gasteiger partial charge on any atom is -0.497 e. The lowest BCUT2D eigenvalue weighted by molar-refractivity contribution is -0.133. The van der Waals surface area contributed by atoms with E-state index < -0.39 is 0 Å². The van der Waals surface area contributed by atoms with Crippen molar-refractivity contribution in [3.8, 4) is 11.5 Å². The lowest BCUT2D eigenvalue weighted by Gasteiger charge is -2.36. The van der Waals surface area contributed by atoms with Crippen molar-refractivity contribution < 1.29 is 14.3 Å². The van der Waals surface area contributed by atoms with E-state index in [1.165, 1.54) is 0 Å². The Bertz CT molecular complexity index is 756. The van der Waals surface area contributed by atoms with Crippen LogP contribution in [0.2, 0.25) is 5.02 Å². The second kappa shape index (κ2) is 8.32. The highest BCUT2D eigenvalue weighted by Crippen LogP contribution is 2.22. The van der Waals surface area contributed by atoms with Crippen molar-refractivity contribution >= 4 is 23.2 Å². The predicted molar refractivity (Wildman–Crippen MR) is 103 cm³/mol. The van der Waals surface area contributed by atoms with Gasteiger partial charge in [-0.15, -0.1) is 0 Å². The van der Waals surface area contributed by atoms with Gasteiger partial charge in [0.1, 0.15) is 11.5 Å². The minimum atomic E-state index is 0.00808. The number of hydrogen-bond acceptors (Lipinski definition) is 4. The van der Waals surface area contributed by atoms with Gasteiger partial charge in [-0.1, -0.05) is 11.6 Å². The first-order valence-electron chi connectivity index (χ1n) is 8.62. The fraction of sp³-hybridized carbons (Fsp3) is 0.350. The Morgan fingerprint density at radius 1 is 1.08 bits per heavy atom. The number of ether oxygens (including phenoxy) is 2. The number of carbonyl (C=O) groups excluding carboxylic acids is 1. The van der Waals surface area contributed by atoms with E-state index in [1.54, 1.807) is 19.2 Å². The van der Waals surface area contributed by atoms with Gasteiger partial charge in [-0.25, -0.2) is 0 Å². The standard InChI is InChI=1S/C20H23ClN2O3/c1-15-13-16(21)3-8-19(15)26-14-20(24)23-11-9-22(10-12-23)17-4-6-18(25-2)7-5-17/h3-8,13H,9-12,14H2,1-2H3. The molecule has 0 unspecified atom stereocenters. The molecule has 0 bridgehead atoms. The molecule has 6 heteroatoms. The first kappa shape index (κ1) is 18.4. The number of methoxy groups -OCH3 is 1. The van der Waals surface area contributed by atoms with Gasteiger partial charge in [0.15, 0.2) is 6.61 Å². The second-order valence-electron chi connectivity index (χ2n) is 6.26. The number of amides is 1. The van der Waals surface area contributed by atoms with Crippen LogP contribution in [0.1, 0.15) is 5.56 Å². The monoisotopic (exact) mass is 374 g/mol. The van der Waals surface area contributed by atoms with Crippen molar-refractivity contribution in [2.45, 2.75) is 6.92 Å². The highest BCUT2D eigenvalue weighted by Gasteiger charge is 2.21. The average molecular weight is 375 g/mol. The molecule has 2 aromatic rings. The Labute approximate surface area is 159 Å². The lowest BCUT2D eigenvalue weighted by Crippen LogP contribution is -2.50. The molecule has 1 aliphatic rings. The number of carbonyl (C=O) groups is 1. The fourth-order valence-electron chi connectivity index (χ4n) is 3.01. The number of piperazine rings is 1. The molecular weight excluding hydrogens is 352 g/mol. The third-order valence-electron chi connectivity index (χ3n) is 4.56. The normalized spacial score (nSPS) is 14.3. The van der Waals surface area contributed by atoms with E-state index in [2.05, 4.69) is 4.90 Å². The van der Waals surface area contributed by atoms with Gasteiger partial charge in [-0.2, -0.15) is 0 Å². The zero-order valence-corrected chi connectivity index (χ0v) is 15.8. The number of aryl methyl sites for hydroxylation is 1. The van der Waals surface area contributed by atoms with Crippen LogP contribution in [0.15, 0.2) is 42.5 Å². The van der Waals surface area contributed by atoms with Crippen molar-refractivity contribution in [2.24, 2.45) is 0 Å². The van der Waals surface area contributed by atoms with E-state index in [-0.39, 0.29) is 12.5 Å². The van der Waals surface area contributed by atoms with Crippen LogP contribution < -0.4 is 14.4 Å². The zero-order valence-electron chi connectivity index (χ0n) is 15.1. The third-order valence-corrected chi connectivity index (χ3v) is 4.79. The molecule has 1 saturated heterocycles. The van der Waals surface area contributed by atoms with Gasteiger partial charge in [-0.05, 0) is 55.0 Å². The number of halogens is 1. The van der Waals surface area contributed by atoms with Crippen LogP contribution in [-0.2, 0) is 4.79 Å². The van der Waals surface area contributed by atoms with Gasteiger partial charge >= 0.3 is 0 Å². The molecule has 0 aliphatic carbocycles. The maximum absolute atomic E-state index is 12.4. The molecule has 1 heterocycles. The Morgan fingerprint density at radius 3 is 2.38 bits per heavy atom. The van der Waals surface area contributed by atoms with Gasteiger partial charge in [0, 0.05) is 36.9 Å². The van der Waals surface area contributed by atoms with Gasteiger partial charge < -0.3 is 19.3 Å². The lowest BCUT2D eigenvalue weighted by atomic mass is 10.2. The summed E-state index contributed by atoms with van der Waals surface area (Å²) in [7, 11) is 1.66. The first-order chi connectivity index (χ1) is 12.6. The van der Waals surface area contributed by atoms with Crippen molar-refractivity contribution in [3.63, 3.8) is 0 Å². The Hall–Kier alpha value is -2.40. The summed E-state index contributed by atoms with van der Waals surface area (Å²) >= 11 is 5.94. The number of rotatable bonds is 5. The summed E-state index contributed by atoms with van der Waals surface area (Å²) < 4.78 is 10.9. The molecule has 3 rings (SSSR count). The van der Waals surface area contributed by atoms with E-state index in [0.29, 0.717) is 23.9 Å². The SMILES string of the molecule is COc1ccc(N2CCN(C(=O)COc3ccc(Cl)cc3C)CC2)cc1. The van der Waals surface area contributed by atoms with Crippen molar-refractivity contribution in [1.82, 2.24) is 4.90 Å². The van der Waals surface area contributed by atoms with Crippen molar-refractivity contribution in [1.29, 1.82) is 0 Å². The van der Waals surface area contributed by atoms with Crippen LogP contribution in [0.4, 0.5) is 5.69 Å². The van der Waals surface area contributed by atoms with E-state index in [9.17, 15) is 4.79 Å². The second-order valence-corrected chi connectivity index (χ2v) is 6.70. The molecular formula is C20H23ClN2O3. The Balaban J connectivity index is 1.50. The molecule has 0 saturated carbocycles. The van der Waals surface area contributed by atoms with Gasteiger partial charge in [-0.3, -0.25) is 4.79 Å². The van der Waals surface area contributed by atoms with E-state index in [1.807, 2.05) is 42.2 Å². The predicted octanol–water partition coefficient (Wildman–Crippen LogP) is 3.38. The van der Waals surface area contributed by atoms with Gasteiger partial charge in [0.05, 0.1) is 7.11 Å². The molecule has 26 heavy (non-hydrogen) atoms. The number of nitrogens with zero attached hydrogens (tertiary/aromatic N) is 2. The molecule has 2 aromatic carbocycles. The molecule has 138 valence electrons. The molecule has 0 aromatic heterocycles. The molecule has 1 fully saturated rings. The number of hydrogen-bond donors (Lipinski definition) is 0. The summed E-state index contributed by atoms with van der Waals surface area (Å²) in [4.78, 5) is 16.5. The van der Waals surface area contributed by atoms with Crippen LogP contribution in [-0.4, -0.2) is 50.7 Å². The first-order valence-corrected chi connectivity index (χ1v) is 9.00. The van der Waals surface area contributed by atoms with Crippen LogP contribution in [0.3, 0.4) is 0 Å². The topological polar surface area (TPSA) is 42.0 Å². The molecule has 0 spiro atoms. The smallest absolute Gasteiger partial charge is 0.260 e. The molecule has 0 N–H and O–H groups in total. The summed E-state index contributed by atoms with van der Waals surface area (Å²) in [6.07, 6.45) is 0. The largest absolute Gasteiger partial charge is 0.497 e. The van der Waals surface area contributed by atoms with Crippen LogP contribution in [0, 0.1) is 6.92 Å². The minimum absolute atomic E-state index is 0.00808. The van der Waals surface area contributed by atoms with E-state index in [4.69, 9.17) is 21.1 Å². The summed E-state index contributed by atoms with van der Waals surface area (Å²) in [5.41, 5.74) is 2.07. The Morgan fingerprint density at radius 2 is 1.77 bits per heavy atom. The maximum Gasteiger partial charge on any atom is 0.260 e. The highest BCUT2D eigenvalue weighted by molar-refractivity contribution is 6.30. The van der Waals surface area contributed by atoms with Crippen LogP contribution in [0.25, 0.3) is 0 Å². The quantitative estimate of drug-likeness (QED) is 0.804. The highest BCUT2D eigenvalue weighted by atomic mass is 35.5. The summed E-state index contributed by atoms with van der Waals surface area (Å²) in [6, 6.07) is 13.4. The van der Waals surface area contributed by atoms with Gasteiger partial charge in [0.2, 0.25) is 0 Å².